The summed E-state index contributed by atoms with van der Waals surface area (Å²) in [4.78, 5) is 0. The Morgan fingerprint density at radius 3 is 2.14 bits per heavy atom. The molecule has 1 saturated carbocycles. The highest BCUT2D eigenvalue weighted by molar-refractivity contribution is 5.87. The van der Waals surface area contributed by atoms with Crippen molar-refractivity contribution in [2.45, 2.75) is 31.1 Å². The second-order valence-corrected chi connectivity index (χ2v) is 8.28. The van der Waals surface area contributed by atoms with Gasteiger partial charge < -0.3 is 5.32 Å². The molecule has 28 heavy (non-hydrogen) atoms. The van der Waals surface area contributed by atoms with Crippen LogP contribution in [-0.2, 0) is 5.41 Å². The number of benzene rings is 4. The van der Waals surface area contributed by atoms with E-state index in [4.69, 9.17) is 0 Å². The van der Waals surface area contributed by atoms with Crippen LogP contribution in [0.2, 0.25) is 0 Å². The molecule has 6 rings (SSSR count). The van der Waals surface area contributed by atoms with Gasteiger partial charge >= 0.3 is 0 Å². The molecule has 136 valence electrons. The Balaban J connectivity index is 1.43. The van der Waals surface area contributed by atoms with Gasteiger partial charge in [-0.1, -0.05) is 73.5 Å². The molecule has 1 fully saturated rings. The first kappa shape index (κ1) is 15.9. The highest BCUT2D eigenvalue weighted by atomic mass is 14.9. The van der Waals surface area contributed by atoms with Crippen LogP contribution in [-0.4, -0.2) is 0 Å². The molecule has 0 aliphatic heterocycles. The van der Waals surface area contributed by atoms with Gasteiger partial charge in [-0.25, -0.2) is 0 Å². The van der Waals surface area contributed by atoms with Gasteiger partial charge in [-0.05, 0) is 70.1 Å². The van der Waals surface area contributed by atoms with E-state index in [0.29, 0.717) is 0 Å². The van der Waals surface area contributed by atoms with E-state index < -0.39 is 0 Å². The lowest BCUT2D eigenvalue weighted by Crippen LogP contribution is -2.20. The molecule has 0 aromatic heterocycles. The Bertz CT molecular complexity index is 1200. The summed E-state index contributed by atoms with van der Waals surface area (Å²) < 4.78 is 0. The van der Waals surface area contributed by atoms with Crippen LogP contribution in [0, 0.1) is 0 Å². The molecule has 0 bridgehead atoms. The van der Waals surface area contributed by atoms with Crippen molar-refractivity contribution >= 4 is 22.1 Å². The number of rotatable bonds is 2. The van der Waals surface area contributed by atoms with Gasteiger partial charge in [0.15, 0.2) is 0 Å². The van der Waals surface area contributed by atoms with Crippen molar-refractivity contribution in [1.29, 1.82) is 0 Å². The first-order valence-corrected chi connectivity index (χ1v) is 10.3. The predicted octanol–water partition coefficient (Wildman–Crippen LogP) is 7.42. The van der Waals surface area contributed by atoms with E-state index in [9.17, 15) is 0 Å². The molecule has 0 atom stereocenters. The van der Waals surface area contributed by atoms with Crippen molar-refractivity contribution in [1.82, 2.24) is 0 Å². The maximum Gasteiger partial charge on any atom is 0.0390 e. The second-order valence-electron chi connectivity index (χ2n) is 8.28. The van der Waals surface area contributed by atoms with Crippen LogP contribution in [0.3, 0.4) is 0 Å². The number of fused-ring (bicyclic) bond motifs is 6. The lowest BCUT2D eigenvalue weighted by atomic mass is 9.77. The van der Waals surface area contributed by atoms with Crippen LogP contribution < -0.4 is 5.32 Å². The fourth-order valence-electron chi connectivity index (χ4n) is 5.48. The predicted molar refractivity (Wildman–Crippen MR) is 118 cm³/mol. The minimum Gasteiger partial charge on any atom is -0.355 e. The molecular weight excluding hydrogens is 338 g/mol. The first-order chi connectivity index (χ1) is 13.8. The van der Waals surface area contributed by atoms with Gasteiger partial charge in [0, 0.05) is 16.8 Å². The van der Waals surface area contributed by atoms with E-state index >= 15 is 0 Å². The van der Waals surface area contributed by atoms with E-state index in [-0.39, 0.29) is 5.41 Å². The molecule has 0 unspecified atom stereocenters. The average Bonchev–Trinajstić information content (AvgIpc) is 3.34. The van der Waals surface area contributed by atoms with Crippen LogP contribution in [0.25, 0.3) is 21.9 Å². The molecule has 4 aromatic carbocycles. The van der Waals surface area contributed by atoms with E-state index in [1.165, 1.54) is 58.8 Å². The first-order valence-electron chi connectivity index (χ1n) is 10.3. The van der Waals surface area contributed by atoms with Gasteiger partial charge in [-0.2, -0.15) is 0 Å². The van der Waals surface area contributed by atoms with Gasteiger partial charge in [0.25, 0.3) is 0 Å². The van der Waals surface area contributed by atoms with Gasteiger partial charge in [0.2, 0.25) is 0 Å². The topological polar surface area (TPSA) is 12.0 Å². The minimum atomic E-state index is 0.229. The highest BCUT2D eigenvalue weighted by Crippen LogP contribution is 2.57. The molecule has 0 saturated heterocycles. The Labute approximate surface area is 166 Å². The normalized spacial score (nSPS) is 16.3. The lowest BCUT2D eigenvalue weighted by Gasteiger charge is -2.27. The third kappa shape index (κ3) is 2.26. The third-order valence-corrected chi connectivity index (χ3v) is 6.76. The van der Waals surface area contributed by atoms with Crippen molar-refractivity contribution in [3.8, 4) is 11.1 Å². The fourth-order valence-corrected chi connectivity index (χ4v) is 5.48. The van der Waals surface area contributed by atoms with Gasteiger partial charge in [-0.3, -0.25) is 0 Å². The molecule has 2 aliphatic carbocycles. The Morgan fingerprint density at radius 1 is 0.571 bits per heavy atom. The van der Waals surface area contributed by atoms with E-state index in [0.717, 1.165) is 5.69 Å². The molecule has 0 heterocycles. The van der Waals surface area contributed by atoms with Crippen LogP contribution >= 0.6 is 0 Å². The summed E-state index contributed by atoms with van der Waals surface area (Å²) >= 11 is 0. The van der Waals surface area contributed by atoms with Crippen molar-refractivity contribution in [2.24, 2.45) is 0 Å². The van der Waals surface area contributed by atoms with Crippen molar-refractivity contribution in [3.05, 3.63) is 96.1 Å². The molecule has 1 spiro atoms. The molecule has 1 nitrogen and oxygen atoms in total. The van der Waals surface area contributed by atoms with Gasteiger partial charge in [0.05, 0.1) is 0 Å². The molecular formula is C27H23N. The largest absolute Gasteiger partial charge is 0.355 e. The average molecular weight is 361 g/mol. The summed E-state index contributed by atoms with van der Waals surface area (Å²) in [5.74, 6) is 0. The molecule has 4 aromatic rings. The number of hydrogen-bond acceptors (Lipinski definition) is 1. The Morgan fingerprint density at radius 2 is 1.25 bits per heavy atom. The molecule has 1 heteroatoms. The third-order valence-electron chi connectivity index (χ3n) is 6.76. The van der Waals surface area contributed by atoms with Crippen LogP contribution in [0.5, 0.6) is 0 Å². The summed E-state index contributed by atoms with van der Waals surface area (Å²) in [6, 6.07) is 31.2. The maximum atomic E-state index is 3.66. The summed E-state index contributed by atoms with van der Waals surface area (Å²) in [6.45, 7) is 0. The zero-order chi connectivity index (χ0) is 18.6. The Kier molecular flexibility index (Phi) is 3.40. The van der Waals surface area contributed by atoms with Crippen LogP contribution in [0.1, 0.15) is 36.8 Å². The van der Waals surface area contributed by atoms with E-state index in [1.807, 2.05) is 0 Å². The van der Waals surface area contributed by atoms with Crippen LogP contribution in [0.4, 0.5) is 11.4 Å². The molecule has 2 aliphatic rings. The number of nitrogens with one attached hydrogen (secondary N) is 1. The van der Waals surface area contributed by atoms with Gasteiger partial charge in [0.1, 0.15) is 0 Å². The quantitative estimate of drug-likeness (QED) is 0.391. The highest BCUT2D eigenvalue weighted by Gasteiger charge is 2.44. The van der Waals surface area contributed by atoms with Crippen molar-refractivity contribution < 1.29 is 0 Å². The minimum absolute atomic E-state index is 0.229. The summed E-state index contributed by atoms with van der Waals surface area (Å²) in [7, 11) is 0. The second kappa shape index (κ2) is 5.97. The SMILES string of the molecule is c1ccc2c(c1)-c1ccc(Nc3ccc4ccccc4c3)cc1C21CCCC1. The van der Waals surface area contributed by atoms with Crippen LogP contribution in [0.15, 0.2) is 84.9 Å². The van der Waals surface area contributed by atoms with Crippen molar-refractivity contribution in [2.75, 3.05) is 5.32 Å². The Hall–Kier alpha value is -3.06. The summed E-state index contributed by atoms with van der Waals surface area (Å²) in [6.07, 6.45) is 5.21. The standard InChI is InChI=1S/C27H23N/c1-2-8-20-17-21(12-11-19(20)7-1)28-22-13-14-24-23-9-3-4-10-25(23)27(26(24)18-22)15-5-6-16-27/h1-4,7-14,17-18,28H,5-6,15-16H2. The van der Waals surface area contributed by atoms with E-state index in [1.54, 1.807) is 5.56 Å². The lowest BCUT2D eigenvalue weighted by molar-refractivity contribution is 0.550. The number of hydrogen-bond donors (Lipinski definition) is 1. The molecule has 0 radical (unpaired) electrons. The monoisotopic (exact) mass is 361 g/mol. The van der Waals surface area contributed by atoms with Crippen molar-refractivity contribution in [3.63, 3.8) is 0 Å². The molecule has 0 amide bonds. The molecule has 1 N–H and O–H groups in total. The summed E-state index contributed by atoms with van der Waals surface area (Å²) in [5, 5.41) is 6.21. The maximum absolute atomic E-state index is 3.66. The zero-order valence-electron chi connectivity index (χ0n) is 15.9. The number of anilines is 2. The van der Waals surface area contributed by atoms with E-state index in [2.05, 4.69) is 90.2 Å². The summed E-state index contributed by atoms with van der Waals surface area (Å²) in [5.41, 5.74) is 8.51. The zero-order valence-corrected chi connectivity index (χ0v) is 15.9. The smallest absolute Gasteiger partial charge is 0.0390 e. The van der Waals surface area contributed by atoms with Gasteiger partial charge in [-0.15, -0.1) is 0 Å². The fraction of sp³-hybridized carbons (Fsp3) is 0.185.